The van der Waals surface area contributed by atoms with Crippen LogP contribution < -0.4 is 29.6 Å². The minimum absolute atomic E-state index is 0.00909. The fourth-order valence-corrected chi connectivity index (χ4v) is 10.0. The first-order valence-electron chi connectivity index (χ1n) is 20.4. The Morgan fingerprint density at radius 3 is 2.56 bits per heavy atom. The van der Waals surface area contributed by atoms with Crippen molar-refractivity contribution in [3.8, 4) is 17.4 Å². The molecule has 3 heterocycles. The summed E-state index contributed by atoms with van der Waals surface area (Å²) in [5.74, 6) is -1.12. The summed E-state index contributed by atoms with van der Waals surface area (Å²) < 4.78 is 51.8. The maximum atomic E-state index is 14.9. The van der Waals surface area contributed by atoms with Crippen LogP contribution in [0.4, 0.5) is 4.79 Å². The summed E-state index contributed by atoms with van der Waals surface area (Å²) in [4.78, 5) is 62.6. The van der Waals surface area contributed by atoms with Crippen molar-refractivity contribution < 1.29 is 46.5 Å². The minimum Gasteiger partial charge on any atom is -0.496 e. The molecule has 4 fully saturated rings. The molecule has 57 heavy (non-hydrogen) atoms. The average molecular weight is 810 g/mol. The molecule has 15 nitrogen and oxygen atoms in total. The van der Waals surface area contributed by atoms with Gasteiger partial charge in [-0.05, 0) is 81.8 Å². The number of carbonyl (C=O) groups is 4. The number of carbonyl (C=O) groups excluding carboxylic acids is 4. The lowest BCUT2D eigenvalue weighted by molar-refractivity contribution is -0.142. The second-order valence-electron chi connectivity index (χ2n) is 16.4. The van der Waals surface area contributed by atoms with Gasteiger partial charge in [0.2, 0.25) is 27.7 Å². The molecule has 0 spiro atoms. The van der Waals surface area contributed by atoms with Gasteiger partial charge < -0.3 is 34.5 Å². The van der Waals surface area contributed by atoms with E-state index in [2.05, 4.69) is 21.9 Å². The van der Waals surface area contributed by atoms with Crippen molar-refractivity contribution in [3.63, 3.8) is 0 Å². The number of amides is 4. The highest BCUT2D eigenvalue weighted by atomic mass is 32.2. The van der Waals surface area contributed by atoms with Crippen molar-refractivity contribution >= 4 is 44.7 Å². The number of alkyl carbamates (subject to hydrolysis) is 1. The normalized spacial score (nSPS) is 28.6. The van der Waals surface area contributed by atoms with Gasteiger partial charge in [0.15, 0.2) is 0 Å². The van der Waals surface area contributed by atoms with E-state index in [0.717, 1.165) is 37.7 Å². The van der Waals surface area contributed by atoms with Gasteiger partial charge in [-0.3, -0.25) is 19.1 Å². The van der Waals surface area contributed by atoms with Crippen LogP contribution in [0.25, 0.3) is 10.9 Å². The molecule has 3 N–H and O–H groups in total. The molecule has 0 unspecified atom stereocenters. The number of sulfonamides is 1. The van der Waals surface area contributed by atoms with Gasteiger partial charge in [-0.1, -0.05) is 32.3 Å². The zero-order chi connectivity index (χ0) is 40.5. The Labute approximate surface area is 334 Å². The van der Waals surface area contributed by atoms with Crippen molar-refractivity contribution in [3.05, 3.63) is 36.4 Å². The zero-order valence-electron chi connectivity index (χ0n) is 33.0. The van der Waals surface area contributed by atoms with Gasteiger partial charge in [-0.15, -0.1) is 6.58 Å². The molecule has 1 aromatic heterocycles. The molecule has 3 saturated carbocycles. The Morgan fingerprint density at radius 1 is 1.11 bits per heavy atom. The van der Waals surface area contributed by atoms with E-state index in [9.17, 15) is 27.6 Å². The van der Waals surface area contributed by atoms with E-state index < -0.39 is 68.7 Å². The molecule has 0 radical (unpaired) electrons. The van der Waals surface area contributed by atoms with Crippen LogP contribution in [0, 0.1) is 17.8 Å². The van der Waals surface area contributed by atoms with Gasteiger partial charge >= 0.3 is 6.09 Å². The maximum Gasteiger partial charge on any atom is 0.407 e. The van der Waals surface area contributed by atoms with Crippen LogP contribution >= 0.6 is 0 Å². The van der Waals surface area contributed by atoms with Crippen LogP contribution in [0.15, 0.2) is 30.9 Å². The number of nitrogens with one attached hydrogen (secondary N) is 3. The van der Waals surface area contributed by atoms with E-state index in [0.29, 0.717) is 67.0 Å². The van der Waals surface area contributed by atoms with Gasteiger partial charge in [0.05, 0.1) is 37.6 Å². The number of rotatable bonds is 10. The summed E-state index contributed by atoms with van der Waals surface area (Å²) in [6.07, 6.45) is 7.74. The number of ether oxygens (including phenoxy) is 4. The molecule has 4 bridgehead atoms. The van der Waals surface area contributed by atoms with Crippen molar-refractivity contribution in [1.29, 1.82) is 0 Å². The lowest BCUT2D eigenvalue weighted by Gasteiger charge is -2.34. The quantitative estimate of drug-likeness (QED) is 0.290. The molecular weight excluding hydrogens is 755 g/mol. The number of nitrogens with zero attached hydrogens (tertiary/aromatic N) is 2. The Kier molecular flexibility index (Phi) is 11.9. The van der Waals surface area contributed by atoms with E-state index in [1.54, 1.807) is 13.2 Å². The maximum absolute atomic E-state index is 14.9. The Morgan fingerprint density at radius 2 is 1.88 bits per heavy atom. The number of fused-ring (bicyclic) bond motifs is 3. The van der Waals surface area contributed by atoms with Gasteiger partial charge in [0.25, 0.3) is 5.91 Å². The molecule has 7 rings (SSSR count). The predicted molar refractivity (Wildman–Crippen MR) is 210 cm³/mol. The minimum atomic E-state index is -3.91. The number of pyridine rings is 1. The second-order valence-corrected chi connectivity index (χ2v) is 18.3. The van der Waals surface area contributed by atoms with E-state index >= 15 is 0 Å². The smallest absolute Gasteiger partial charge is 0.407 e. The van der Waals surface area contributed by atoms with Crippen LogP contribution in [-0.4, -0.2) is 98.0 Å². The van der Waals surface area contributed by atoms with Crippen molar-refractivity contribution in [2.75, 3.05) is 26.9 Å². The summed E-state index contributed by atoms with van der Waals surface area (Å²) in [5.41, 5.74) is -0.0193. The lowest BCUT2D eigenvalue weighted by atomic mass is 9.83. The first-order valence-corrected chi connectivity index (χ1v) is 22.0. The molecular formula is C41H55N5O10S. The zero-order valence-corrected chi connectivity index (χ0v) is 33.9. The number of hydrogen-bond donors (Lipinski definition) is 3. The summed E-state index contributed by atoms with van der Waals surface area (Å²) in [6.45, 7) is 8.19. The van der Waals surface area contributed by atoms with E-state index in [-0.39, 0.29) is 37.8 Å². The SMILES string of the molecule is C=C[C@H]1C[C@@]1(NC(=O)[C@@H]1C[C@@H]2CN1C(=O)[C@H](C1CCCCC1)NC(=O)OC[C@H](C)CCCc1cc3c(cc(OCC)nc3cc1OC)O2)C(=O)NS(=O)(=O)C1CC1. The van der Waals surface area contributed by atoms with Crippen molar-refractivity contribution in [2.45, 2.75) is 120 Å². The Hall–Kier alpha value is -4.60. The van der Waals surface area contributed by atoms with Gasteiger partial charge in [0, 0.05) is 29.9 Å². The van der Waals surface area contributed by atoms with Crippen LogP contribution in [0.5, 0.6) is 17.4 Å². The topological polar surface area (TPSA) is 192 Å². The molecule has 2 aromatic rings. The number of methoxy groups -OCH3 is 1. The van der Waals surface area contributed by atoms with Gasteiger partial charge in [0.1, 0.15) is 35.2 Å². The monoisotopic (exact) mass is 809 g/mol. The highest BCUT2D eigenvalue weighted by Crippen LogP contribution is 2.46. The summed E-state index contributed by atoms with van der Waals surface area (Å²) in [6, 6.07) is 3.46. The van der Waals surface area contributed by atoms with Crippen molar-refractivity contribution in [1.82, 2.24) is 25.2 Å². The third-order valence-electron chi connectivity index (χ3n) is 12.1. The molecule has 1 aromatic carbocycles. The summed E-state index contributed by atoms with van der Waals surface area (Å²) >= 11 is 0. The number of hydrogen-bond acceptors (Lipinski definition) is 11. The van der Waals surface area contributed by atoms with Crippen LogP contribution in [0.3, 0.4) is 0 Å². The molecule has 4 amide bonds. The molecule has 2 aliphatic heterocycles. The molecule has 6 atom stereocenters. The third kappa shape index (κ3) is 8.80. The third-order valence-corrected chi connectivity index (χ3v) is 14.0. The van der Waals surface area contributed by atoms with Gasteiger partial charge in [-0.25, -0.2) is 18.2 Å². The lowest BCUT2D eigenvalue weighted by Crippen LogP contribution is -2.59. The summed E-state index contributed by atoms with van der Waals surface area (Å²) in [7, 11) is -2.30. The average Bonchev–Trinajstić information content (AvgIpc) is 4.12. The predicted octanol–water partition coefficient (Wildman–Crippen LogP) is 4.31. The Bertz CT molecular complexity index is 2000. The van der Waals surface area contributed by atoms with Crippen LogP contribution in [0.2, 0.25) is 0 Å². The summed E-state index contributed by atoms with van der Waals surface area (Å²) in [5, 5.41) is 5.81. The van der Waals surface area contributed by atoms with E-state index in [1.165, 1.54) is 11.0 Å². The molecule has 1 saturated heterocycles. The molecule has 310 valence electrons. The standard InChI is InChI=1S/C41H55N5O10S/c1-5-27-21-41(27,39(49)45-57(51,52)29-15-16-29)44-37(47)32-18-28-22-46(32)38(48)36(25-12-8-7-9-13-25)43-40(50)55-23-24(3)11-10-14-26-17-30-31(19-33(26)53-4)42-35(54-6-2)20-34(30)56-28/h5,17,19-20,24-25,27-29,32,36H,1,6-16,18,21-23H2,2-4H3,(H,43,50)(H,44,47)(H,45,49)/t24-,27+,28-,32+,36+,41+/m1/s1. The number of aromatic nitrogens is 1. The van der Waals surface area contributed by atoms with Crippen LogP contribution in [0.1, 0.15) is 90.0 Å². The number of benzene rings is 1. The number of cyclic esters (lactones) is 1. The molecule has 16 heteroatoms. The first-order chi connectivity index (χ1) is 27.3. The molecule has 3 aliphatic carbocycles. The highest BCUT2D eigenvalue weighted by Gasteiger charge is 2.62. The first kappa shape index (κ1) is 40.6. The Balaban J connectivity index is 1.26. The largest absolute Gasteiger partial charge is 0.496 e. The molecule has 5 aliphatic rings. The number of aryl methyl sites for hydroxylation is 1. The fourth-order valence-electron chi connectivity index (χ4n) is 8.66. The second kappa shape index (κ2) is 16.7. The van der Waals surface area contributed by atoms with Crippen LogP contribution in [-0.2, 0) is 35.6 Å². The van der Waals surface area contributed by atoms with E-state index in [1.807, 2.05) is 26.0 Å². The highest BCUT2D eigenvalue weighted by molar-refractivity contribution is 7.91. The van der Waals surface area contributed by atoms with Gasteiger partial charge in [-0.2, -0.15) is 0 Å². The van der Waals surface area contributed by atoms with Crippen molar-refractivity contribution in [2.24, 2.45) is 17.8 Å². The fraction of sp³-hybridized carbons (Fsp3) is 0.634. The van der Waals surface area contributed by atoms with E-state index in [4.69, 9.17) is 23.9 Å².